The van der Waals surface area contributed by atoms with Crippen molar-refractivity contribution in [1.29, 1.82) is 0 Å². The van der Waals surface area contributed by atoms with Crippen molar-refractivity contribution in [3.8, 4) is 0 Å². The topological polar surface area (TPSA) is 110 Å². The zero-order valence-corrected chi connectivity index (χ0v) is 11.4. The molecule has 0 amide bonds. The molecule has 0 aliphatic rings. The van der Waals surface area contributed by atoms with Crippen molar-refractivity contribution in [2.75, 3.05) is 41.5 Å². The van der Waals surface area contributed by atoms with E-state index >= 15 is 0 Å². The maximum Gasteiger partial charge on any atom is 0.223 e. The standard InChI is InChI=1S/C10H19N5O2S/c1-3-12-8-7-9(15-10(11)14-8)13-5-4-6-18(2,16)17/h7H,3-6H2,1-2H3,(H4,11,12,13,14,15). The lowest BCUT2D eigenvalue weighted by Gasteiger charge is -2.08. The highest BCUT2D eigenvalue weighted by Crippen LogP contribution is 2.12. The summed E-state index contributed by atoms with van der Waals surface area (Å²) in [7, 11) is -2.91. The van der Waals surface area contributed by atoms with Crippen LogP contribution in [0.2, 0.25) is 0 Å². The van der Waals surface area contributed by atoms with Crippen LogP contribution in [0.3, 0.4) is 0 Å². The summed E-state index contributed by atoms with van der Waals surface area (Å²) in [6.07, 6.45) is 1.75. The van der Waals surface area contributed by atoms with Crippen molar-refractivity contribution < 1.29 is 8.42 Å². The Hall–Kier alpha value is -1.57. The van der Waals surface area contributed by atoms with Crippen LogP contribution in [0.4, 0.5) is 17.6 Å². The number of nitrogen functional groups attached to an aromatic ring is 1. The zero-order valence-electron chi connectivity index (χ0n) is 10.6. The molecule has 0 saturated heterocycles. The van der Waals surface area contributed by atoms with Crippen LogP contribution in [0, 0.1) is 0 Å². The van der Waals surface area contributed by atoms with E-state index in [2.05, 4.69) is 20.6 Å². The summed E-state index contributed by atoms with van der Waals surface area (Å²) < 4.78 is 21.9. The van der Waals surface area contributed by atoms with Crippen molar-refractivity contribution >= 4 is 27.4 Å². The number of sulfone groups is 1. The molecular formula is C10H19N5O2S. The molecule has 102 valence electrons. The number of nitrogens with one attached hydrogen (secondary N) is 2. The zero-order chi connectivity index (χ0) is 13.6. The minimum atomic E-state index is -2.91. The monoisotopic (exact) mass is 273 g/mol. The van der Waals surface area contributed by atoms with Crippen molar-refractivity contribution in [2.24, 2.45) is 0 Å². The van der Waals surface area contributed by atoms with Gasteiger partial charge in [0.1, 0.15) is 21.5 Å². The number of aromatic nitrogens is 2. The summed E-state index contributed by atoms with van der Waals surface area (Å²) in [5, 5.41) is 6.06. The van der Waals surface area contributed by atoms with E-state index < -0.39 is 9.84 Å². The number of hydrogen-bond donors (Lipinski definition) is 3. The Morgan fingerprint density at radius 1 is 1.28 bits per heavy atom. The number of hydrogen-bond acceptors (Lipinski definition) is 7. The van der Waals surface area contributed by atoms with Gasteiger partial charge in [-0.25, -0.2) is 8.42 Å². The molecule has 1 aromatic rings. The van der Waals surface area contributed by atoms with Gasteiger partial charge < -0.3 is 16.4 Å². The molecule has 4 N–H and O–H groups in total. The molecule has 1 aromatic heterocycles. The van der Waals surface area contributed by atoms with Gasteiger partial charge in [-0.3, -0.25) is 0 Å². The van der Waals surface area contributed by atoms with Gasteiger partial charge in [-0.05, 0) is 13.3 Å². The Labute approximate surface area is 107 Å². The maximum absolute atomic E-state index is 11.0. The molecule has 0 unspecified atom stereocenters. The molecule has 0 radical (unpaired) electrons. The summed E-state index contributed by atoms with van der Waals surface area (Å²) in [6, 6.07) is 1.74. The van der Waals surface area contributed by atoms with Gasteiger partial charge >= 0.3 is 0 Å². The summed E-state index contributed by atoms with van der Waals surface area (Å²) in [5.41, 5.74) is 5.57. The highest BCUT2D eigenvalue weighted by atomic mass is 32.2. The second-order valence-electron chi connectivity index (χ2n) is 3.94. The van der Waals surface area contributed by atoms with Crippen molar-refractivity contribution in [3.63, 3.8) is 0 Å². The van der Waals surface area contributed by atoms with E-state index in [1.807, 2.05) is 6.92 Å². The largest absolute Gasteiger partial charge is 0.370 e. The summed E-state index contributed by atoms with van der Waals surface area (Å²) in [5.74, 6) is 1.57. The van der Waals surface area contributed by atoms with Gasteiger partial charge in [0.05, 0.1) is 5.75 Å². The van der Waals surface area contributed by atoms with Crippen LogP contribution in [0.15, 0.2) is 6.07 Å². The fourth-order valence-electron chi connectivity index (χ4n) is 1.38. The van der Waals surface area contributed by atoms with E-state index in [1.54, 1.807) is 6.07 Å². The average molecular weight is 273 g/mol. The normalized spacial score (nSPS) is 11.2. The van der Waals surface area contributed by atoms with Crippen LogP contribution in [0.5, 0.6) is 0 Å². The number of nitrogens with two attached hydrogens (primary N) is 1. The molecule has 0 aliphatic heterocycles. The Morgan fingerprint density at radius 3 is 2.44 bits per heavy atom. The van der Waals surface area contributed by atoms with E-state index in [1.165, 1.54) is 6.26 Å². The molecule has 1 heterocycles. The molecule has 1 rings (SSSR count). The van der Waals surface area contributed by atoms with E-state index in [-0.39, 0.29) is 11.7 Å². The number of anilines is 3. The molecule has 0 bridgehead atoms. The fourth-order valence-corrected chi connectivity index (χ4v) is 2.05. The molecule has 0 spiro atoms. The van der Waals surface area contributed by atoms with Gasteiger partial charge in [-0.15, -0.1) is 0 Å². The predicted molar refractivity (Wildman–Crippen MR) is 73.4 cm³/mol. The molecule has 0 aliphatic carbocycles. The first-order chi connectivity index (χ1) is 8.40. The lowest BCUT2D eigenvalue weighted by molar-refractivity contribution is 0.600. The van der Waals surface area contributed by atoms with Crippen LogP contribution >= 0.6 is 0 Å². The van der Waals surface area contributed by atoms with E-state index in [0.29, 0.717) is 24.6 Å². The molecule has 0 atom stereocenters. The van der Waals surface area contributed by atoms with E-state index in [4.69, 9.17) is 5.73 Å². The lowest BCUT2D eigenvalue weighted by Crippen LogP contribution is -2.12. The molecule has 0 aromatic carbocycles. The third kappa shape index (κ3) is 5.67. The van der Waals surface area contributed by atoms with E-state index in [0.717, 1.165) is 6.54 Å². The first kappa shape index (κ1) is 14.5. The lowest BCUT2D eigenvalue weighted by atomic mass is 10.4. The second kappa shape index (κ2) is 6.39. The SMILES string of the molecule is CCNc1cc(NCCCS(C)(=O)=O)nc(N)n1. The van der Waals surface area contributed by atoms with Crippen molar-refractivity contribution in [3.05, 3.63) is 6.07 Å². The number of rotatable bonds is 7. The molecule has 0 saturated carbocycles. The fraction of sp³-hybridized carbons (Fsp3) is 0.600. The second-order valence-corrected chi connectivity index (χ2v) is 6.20. The smallest absolute Gasteiger partial charge is 0.223 e. The van der Waals surface area contributed by atoms with Crippen LogP contribution in [-0.4, -0.2) is 43.5 Å². The minimum Gasteiger partial charge on any atom is -0.370 e. The number of nitrogens with zero attached hydrogens (tertiary/aromatic N) is 2. The van der Waals surface area contributed by atoms with Crippen LogP contribution in [0.25, 0.3) is 0 Å². The maximum atomic E-state index is 11.0. The van der Waals surface area contributed by atoms with Gasteiger partial charge in [0.2, 0.25) is 5.95 Å². The van der Waals surface area contributed by atoms with E-state index in [9.17, 15) is 8.42 Å². The van der Waals surface area contributed by atoms with Gasteiger partial charge in [-0.1, -0.05) is 0 Å². The van der Waals surface area contributed by atoms with Gasteiger partial charge in [-0.2, -0.15) is 9.97 Å². The first-order valence-electron chi connectivity index (χ1n) is 5.70. The quantitative estimate of drug-likeness (QED) is 0.614. The average Bonchev–Trinajstić information content (AvgIpc) is 2.23. The van der Waals surface area contributed by atoms with Gasteiger partial charge in [0.15, 0.2) is 0 Å². The summed E-state index contributed by atoms with van der Waals surface area (Å²) in [4.78, 5) is 8.03. The first-order valence-corrected chi connectivity index (χ1v) is 7.77. The molecular weight excluding hydrogens is 254 g/mol. The third-order valence-electron chi connectivity index (χ3n) is 2.10. The summed E-state index contributed by atoms with van der Waals surface area (Å²) in [6.45, 7) is 3.22. The van der Waals surface area contributed by atoms with Crippen LogP contribution in [-0.2, 0) is 9.84 Å². The summed E-state index contributed by atoms with van der Waals surface area (Å²) >= 11 is 0. The predicted octanol–water partition coefficient (Wildman–Crippen LogP) is 0.337. The Balaban J connectivity index is 2.51. The van der Waals surface area contributed by atoms with Gasteiger partial charge in [0.25, 0.3) is 0 Å². The van der Waals surface area contributed by atoms with Crippen LogP contribution in [0.1, 0.15) is 13.3 Å². The minimum absolute atomic E-state index is 0.153. The molecule has 18 heavy (non-hydrogen) atoms. The third-order valence-corrected chi connectivity index (χ3v) is 3.13. The molecule has 7 nitrogen and oxygen atoms in total. The molecule has 0 fully saturated rings. The highest BCUT2D eigenvalue weighted by Gasteiger charge is 2.03. The highest BCUT2D eigenvalue weighted by molar-refractivity contribution is 7.90. The van der Waals surface area contributed by atoms with Gasteiger partial charge in [0, 0.05) is 25.4 Å². The molecule has 8 heteroatoms. The van der Waals surface area contributed by atoms with Crippen LogP contribution < -0.4 is 16.4 Å². The van der Waals surface area contributed by atoms with Crippen molar-refractivity contribution in [1.82, 2.24) is 9.97 Å². The Morgan fingerprint density at radius 2 is 1.89 bits per heavy atom. The van der Waals surface area contributed by atoms with Crippen molar-refractivity contribution in [2.45, 2.75) is 13.3 Å². The Kier molecular flexibility index (Phi) is 5.14. The Bertz CT molecular complexity index is 489.